The van der Waals surface area contributed by atoms with Gasteiger partial charge in [-0.05, 0) is 74.8 Å². The average Bonchev–Trinajstić information content (AvgIpc) is 3.65. The largest absolute Gasteiger partial charge is 0.455 e. The van der Waals surface area contributed by atoms with Gasteiger partial charge in [0.25, 0.3) is 0 Å². The molecule has 49 heavy (non-hydrogen) atoms. The Morgan fingerprint density at radius 3 is 2.04 bits per heavy atom. The summed E-state index contributed by atoms with van der Waals surface area (Å²) in [6.45, 7) is 4.70. The van der Waals surface area contributed by atoms with Crippen LogP contribution in [0.2, 0.25) is 0 Å². The molecular formula is C47H33NO. The van der Waals surface area contributed by atoms with Crippen LogP contribution in [0.15, 0.2) is 168 Å². The summed E-state index contributed by atoms with van der Waals surface area (Å²) in [7, 11) is 0. The predicted molar refractivity (Wildman–Crippen MR) is 206 cm³/mol. The number of furan rings is 1. The van der Waals surface area contributed by atoms with Crippen molar-refractivity contribution in [3.63, 3.8) is 0 Å². The van der Waals surface area contributed by atoms with Crippen LogP contribution >= 0.6 is 0 Å². The van der Waals surface area contributed by atoms with Crippen LogP contribution in [-0.4, -0.2) is 0 Å². The maximum Gasteiger partial charge on any atom is 0.145 e. The Labute approximate surface area is 285 Å². The maximum atomic E-state index is 6.86. The zero-order valence-electron chi connectivity index (χ0n) is 27.4. The molecule has 0 radical (unpaired) electrons. The first-order valence-electron chi connectivity index (χ1n) is 17.0. The lowest BCUT2D eigenvalue weighted by Gasteiger charge is -2.30. The standard InChI is InChI=1S/C47H33NO/c1-47(2)38-20-9-7-18-36(38)44-39(47)21-12-23-41(44)48(40-22-11-16-31-14-5-6-17-34(31)40)42-28-27-35(33-26-25-30-13-3-4-15-32(30)29-33)46-45(42)37-19-8-10-24-43(37)49-46/h3-29H,1-2H3. The van der Waals surface area contributed by atoms with Crippen molar-refractivity contribution in [1.29, 1.82) is 0 Å². The van der Waals surface area contributed by atoms with E-state index in [0.717, 1.165) is 50.1 Å². The fourth-order valence-corrected chi connectivity index (χ4v) is 8.30. The van der Waals surface area contributed by atoms with Crippen LogP contribution in [0.1, 0.15) is 25.0 Å². The van der Waals surface area contributed by atoms with Gasteiger partial charge in [0.15, 0.2) is 0 Å². The number of hydrogen-bond donors (Lipinski definition) is 0. The number of benzene rings is 8. The van der Waals surface area contributed by atoms with Crippen LogP contribution in [0.3, 0.4) is 0 Å². The Hall–Kier alpha value is -6.12. The zero-order valence-corrected chi connectivity index (χ0v) is 27.4. The van der Waals surface area contributed by atoms with Crippen molar-refractivity contribution >= 4 is 60.5 Å². The molecular weight excluding hydrogens is 595 g/mol. The average molecular weight is 628 g/mol. The monoisotopic (exact) mass is 627 g/mol. The van der Waals surface area contributed by atoms with Crippen LogP contribution in [0.25, 0.3) is 65.7 Å². The van der Waals surface area contributed by atoms with E-state index in [2.05, 4.69) is 183 Å². The third-order valence-corrected chi connectivity index (χ3v) is 10.6. The number of nitrogens with zero attached hydrogens (tertiary/aromatic N) is 1. The summed E-state index contributed by atoms with van der Waals surface area (Å²) in [5, 5.41) is 7.07. The molecule has 8 aromatic carbocycles. The summed E-state index contributed by atoms with van der Waals surface area (Å²) in [4.78, 5) is 2.49. The molecule has 0 amide bonds. The molecule has 2 heteroatoms. The van der Waals surface area contributed by atoms with Crippen molar-refractivity contribution in [2.75, 3.05) is 4.90 Å². The molecule has 0 saturated carbocycles. The molecule has 0 atom stereocenters. The van der Waals surface area contributed by atoms with Crippen molar-refractivity contribution in [1.82, 2.24) is 0 Å². The minimum absolute atomic E-state index is 0.121. The van der Waals surface area contributed by atoms with E-state index in [1.807, 2.05) is 0 Å². The molecule has 0 fully saturated rings. The first-order chi connectivity index (χ1) is 24.1. The second-order valence-electron chi connectivity index (χ2n) is 13.7. The van der Waals surface area contributed by atoms with Gasteiger partial charge in [-0.3, -0.25) is 0 Å². The van der Waals surface area contributed by atoms with Crippen molar-refractivity contribution in [3.8, 4) is 22.3 Å². The highest BCUT2D eigenvalue weighted by atomic mass is 16.3. The van der Waals surface area contributed by atoms with Gasteiger partial charge in [0, 0.05) is 27.3 Å². The van der Waals surface area contributed by atoms with Crippen LogP contribution in [0.5, 0.6) is 0 Å². The maximum absolute atomic E-state index is 6.86. The van der Waals surface area contributed by atoms with E-state index in [-0.39, 0.29) is 5.41 Å². The molecule has 0 saturated heterocycles. The molecule has 9 aromatic rings. The first kappa shape index (κ1) is 27.9. The lowest BCUT2D eigenvalue weighted by Crippen LogP contribution is -2.16. The molecule has 1 aliphatic carbocycles. The SMILES string of the molecule is CC1(C)c2ccccc2-c2c(N(c3cccc4ccccc34)c3ccc(-c4ccc5ccccc5c4)c4oc5ccccc5c34)cccc21. The normalized spacial score (nSPS) is 13.3. The zero-order chi connectivity index (χ0) is 32.7. The van der Waals surface area contributed by atoms with E-state index < -0.39 is 0 Å². The third-order valence-electron chi connectivity index (χ3n) is 10.6. The number of hydrogen-bond acceptors (Lipinski definition) is 2. The topological polar surface area (TPSA) is 16.4 Å². The first-order valence-corrected chi connectivity index (χ1v) is 17.0. The van der Waals surface area contributed by atoms with Gasteiger partial charge in [-0.25, -0.2) is 0 Å². The molecule has 1 aromatic heterocycles. The minimum Gasteiger partial charge on any atom is -0.455 e. The van der Waals surface area contributed by atoms with Gasteiger partial charge < -0.3 is 9.32 Å². The Bertz CT molecular complexity index is 2760. The van der Waals surface area contributed by atoms with E-state index in [0.29, 0.717) is 0 Å². The van der Waals surface area contributed by atoms with E-state index in [9.17, 15) is 0 Å². The van der Waals surface area contributed by atoms with Crippen LogP contribution in [-0.2, 0) is 5.41 Å². The predicted octanol–water partition coefficient (Wildman–Crippen LogP) is 13.3. The van der Waals surface area contributed by atoms with E-state index in [1.165, 1.54) is 43.8 Å². The molecule has 232 valence electrons. The molecule has 0 aliphatic heterocycles. The minimum atomic E-state index is -0.121. The van der Waals surface area contributed by atoms with Crippen molar-refractivity contribution in [2.24, 2.45) is 0 Å². The van der Waals surface area contributed by atoms with Crippen LogP contribution < -0.4 is 4.90 Å². The summed E-state index contributed by atoms with van der Waals surface area (Å²) < 4.78 is 6.86. The van der Waals surface area contributed by atoms with Crippen molar-refractivity contribution in [3.05, 3.63) is 175 Å². The summed E-state index contributed by atoms with van der Waals surface area (Å²) >= 11 is 0. The third kappa shape index (κ3) is 4.07. The van der Waals surface area contributed by atoms with Gasteiger partial charge in [-0.15, -0.1) is 0 Å². The fraction of sp³-hybridized carbons (Fsp3) is 0.0638. The molecule has 2 nitrogen and oxygen atoms in total. The van der Waals surface area contributed by atoms with Gasteiger partial charge in [0.1, 0.15) is 11.2 Å². The summed E-state index contributed by atoms with van der Waals surface area (Å²) in [6.07, 6.45) is 0. The Balaban J connectivity index is 1.33. The lowest BCUT2D eigenvalue weighted by molar-refractivity contribution is 0.660. The number of fused-ring (bicyclic) bond motifs is 8. The Morgan fingerprint density at radius 1 is 0.469 bits per heavy atom. The lowest BCUT2D eigenvalue weighted by atomic mass is 9.82. The van der Waals surface area contributed by atoms with Gasteiger partial charge >= 0.3 is 0 Å². The Kier molecular flexibility index (Phi) is 5.95. The molecule has 0 spiro atoms. The highest BCUT2D eigenvalue weighted by molar-refractivity contribution is 6.19. The number of para-hydroxylation sites is 1. The van der Waals surface area contributed by atoms with E-state index >= 15 is 0 Å². The molecule has 10 rings (SSSR count). The second-order valence-corrected chi connectivity index (χ2v) is 13.7. The summed E-state index contributed by atoms with van der Waals surface area (Å²) in [6, 6.07) is 59.4. The summed E-state index contributed by atoms with van der Waals surface area (Å²) in [5.74, 6) is 0. The quantitative estimate of drug-likeness (QED) is 0.193. The number of anilines is 3. The van der Waals surface area contributed by atoms with Gasteiger partial charge in [0.2, 0.25) is 0 Å². The van der Waals surface area contributed by atoms with Crippen LogP contribution in [0.4, 0.5) is 17.1 Å². The van der Waals surface area contributed by atoms with Gasteiger partial charge in [0.05, 0.1) is 22.4 Å². The highest BCUT2D eigenvalue weighted by Crippen LogP contribution is 2.56. The van der Waals surface area contributed by atoms with Gasteiger partial charge in [-0.1, -0.05) is 141 Å². The second kappa shape index (κ2) is 10.4. The van der Waals surface area contributed by atoms with E-state index in [1.54, 1.807) is 0 Å². The molecule has 1 heterocycles. The van der Waals surface area contributed by atoms with Crippen molar-refractivity contribution < 1.29 is 4.42 Å². The van der Waals surface area contributed by atoms with Crippen molar-refractivity contribution in [2.45, 2.75) is 19.3 Å². The molecule has 1 aliphatic rings. The van der Waals surface area contributed by atoms with Crippen LogP contribution in [0, 0.1) is 0 Å². The summed E-state index contributed by atoms with van der Waals surface area (Å²) in [5.41, 5.74) is 12.6. The number of rotatable bonds is 4. The van der Waals surface area contributed by atoms with Gasteiger partial charge in [-0.2, -0.15) is 0 Å². The molecule has 0 bridgehead atoms. The van der Waals surface area contributed by atoms with E-state index in [4.69, 9.17) is 4.42 Å². The highest BCUT2D eigenvalue weighted by Gasteiger charge is 2.38. The molecule has 0 N–H and O–H groups in total. The smallest absolute Gasteiger partial charge is 0.145 e. The fourth-order valence-electron chi connectivity index (χ4n) is 8.30. The Morgan fingerprint density at radius 2 is 1.14 bits per heavy atom. The molecule has 0 unspecified atom stereocenters.